The summed E-state index contributed by atoms with van der Waals surface area (Å²) in [5.41, 5.74) is 0.801. The maximum absolute atomic E-state index is 13.5. The first kappa shape index (κ1) is 10.5. The number of hydrogen-bond donors (Lipinski definition) is 0. The lowest BCUT2D eigenvalue weighted by molar-refractivity contribution is 0.379. The fourth-order valence-corrected chi connectivity index (χ4v) is 1.32. The van der Waals surface area contributed by atoms with Crippen LogP contribution in [0, 0.1) is 17.1 Å². The summed E-state index contributed by atoms with van der Waals surface area (Å²) in [7, 11) is 1.41. The first-order valence-corrected chi connectivity index (χ1v) is 4.38. The van der Waals surface area contributed by atoms with Crippen molar-refractivity contribution in [3.05, 3.63) is 29.1 Å². The Hall–Kier alpha value is -1.56. The molecule has 1 rings (SSSR count). The first-order chi connectivity index (χ1) is 6.61. The molecule has 0 fully saturated rings. The highest BCUT2D eigenvalue weighted by atomic mass is 19.1. The van der Waals surface area contributed by atoms with Crippen molar-refractivity contribution in [1.29, 1.82) is 5.26 Å². The summed E-state index contributed by atoms with van der Waals surface area (Å²) < 4.78 is 18.5. The number of benzene rings is 1. The smallest absolute Gasteiger partial charge is 0.183 e. The van der Waals surface area contributed by atoms with Crippen LogP contribution in [0.15, 0.2) is 12.1 Å². The van der Waals surface area contributed by atoms with Crippen molar-refractivity contribution >= 4 is 0 Å². The molecule has 0 spiro atoms. The van der Waals surface area contributed by atoms with E-state index in [0.29, 0.717) is 0 Å². The molecule has 0 bridgehead atoms. The largest absolute Gasteiger partial charge is 0.493 e. The Bertz CT molecular complexity index is 380. The van der Waals surface area contributed by atoms with Crippen LogP contribution in [0.2, 0.25) is 0 Å². The molecule has 0 aliphatic rings. The minimum Gasteiger partial charge on any atom is -0.493 e. The molecule has 0 atom stereocenters. The Balaban J connectivity index is 3.38. The van der Waals surface area contributed by atoms with E-state index in [-0.39, 0.29) is 17.2 Å². The summed E-state index contributed by atoms with van der Waals surface area (Å²) in [6.07, 6.45) is 0. The lowest BCUT2D eigenvalue weighted by Crippen LogP contribution is -1.99. The van der Waals surface area contributed by atoms with Gasteiger partial charge in [0.1, 0.15) is 6.07 Å². The van der Waals surface area contributed by atoms with E-state index >= 15 is 0 Å². The molecule has 0 saturated heterocycles. The van der Waals surface area contributed by atoms with E-state index in [1.54, 1.807) is 12.1 Å². The van der Waals surface area contributed by atoms with E-state index in [2.05, 4.69) is 0 Å². The fraction of sp³-hybridized carbons (Fsp3) is 0.364. The average molecular weight is 193 g/mol. The molecular formula is C11H12FNO. The van der Waals surface area contributed by atoms with Crippen LogP contribution in [0.4, 0.5) is 4.39 Å². The Morgan fingerprint density at radius 1 is 1.43 bits per heavy atom. The third-order valence-electron chi connectivity index (χ3n) is 2.07. The van der Waals surface area contributed by atoms with E-state index in [1.807, 2.05) is 13.8 Å². The minimum atomic E-state index is -0.568. The van der Waals surface area contributed by atoms with Gasteiger partial charge in [0.05, 0.1) is 12.7 Å². The number of nitriles is 1. The van der Waals surface area contributed by atoms with Gasteiger partial charge in [-0.15, -0.1) is 0 Å². The molecule has 3 heteroatoms. The van der Waals surface area contributed by atoms with Crippen LogP contribution in [0.25, 0.3) is 0 Å². The highest BCUT2D eigenvalue weighted by Gasteiger charge is 2.15. The monoisotopic (exact) mass is 193 g/mol. The van der Waals surface area contributed by atoms with Crippen molar-refractivity contribution in [2.24, 2.45) is 0 Å². The van der Waals surface area contributed by atoms with Gasteiger partial charge in [-0.2, -0.15) is 5.26 Å². The zero-order chi connectivity index (χ0) is 10.7. The van der Waals surface area contributed by atoms with Crippen molar-refractivity contribution in [3.8, 4) is 11.8 Å². The number of rotatable bonds is 2. The number of nitrogens with zero attached hydrogens (tertiary/aromatic N) is 1. The SMILES string of the molecule is COc1c(C(C)C)ccc(C#N)c1F. The maximum atomic E-state index is 13.5. The van der Waals surface area contributed by atoms with E-state index in [9.17, 15) is 4.39 Å². The van der Waals surface area contributed by atoms with Crippen molar-refractivity contribution in [1.82, 2.24) is 0 Å². The molecule has 0 unspecified atom stereocenters. The van der Waals surface area contributed by atoms with Crippen LogP contribution in [0.3, 0.4) is 0 Å². The van der Waals surface area contributed by atoms with Gasteiger partial charge < -0.3 is 4.74 Å². The lowest BCUT2D eigenvalue weighted by Gasteiger charge is -2.12. The molecule has 74 valence electrons. The van der Waals surface area contributed by atoms with Gasteiger partial charge in [0.25, 0.3) is 0 Å². The maximum Gasteiger partial charge on any atom is 0.183 e. The van der Waals surface area contributed by atoms with Crippen LogP contribution in [-0.4, -0.2) is 7.11 Å². The van der Waals surface area contributed by atoms with Crippen molar-refractivity contribution in [3.63, 3.8) is 0 Å². The standard InChI is InChI=1S/C11H12FNO/c1-7(2)9-5-4-8(6-13)10(12)11(9)14-3/h4-5,7H,1-3H3. The Morgan fingerprint density at radius 3 is 2.50 bits per heavy atom. The second-order valence-electron chi connectivity index (χ2n) is 3.32. The molecule has 0 radical (unpaired) electrons. The molecule has 1 aromatic carbocycles. The molecule has 0 amide bonds. The minimum absolute atomic E-state index is 0.0197. The molecule has 14 heavy (non-hydrogen) atoms. The summed E-state index contributed by atoms with van der Waals surface area (Å²) in [5.74, 6) is -0.215. The molecule has 0 saturated carbocycles. The molecule has 0 heterocycles. The topological polar surface area (TPSA) is 33.0 Å². The van der Waals surface area contributed by atoms with E-state index in [0.717, 1.165) is 5.56 Å². The number of hydrogen-bond acceptors (Lipinski definition) is 2. The van der Waals surface area contributed by atoms with Crippen LogP contribution >= 0.6 is 0 Å². The van der Waals surface area contributed by atoms with Crippen LogP contribution in [0.5, 0.6) is 5.75 Å². The predicted molar refractivity (Wildman–Crippen MR) is 51.8 cm³/mol. The highest BCUT2D eigenvalue weighted by molar-refractivity contribution is 5.45. The predicted octanol–water partition coefficient (Wildman–Crippen LogP) is 2.83. The summed E-state index contributed by atoms with van der Waals surface area (Å²) in [5, 5.41) is 8.62. The molecule has 0 aromatic heterocycles. The van der Waals surface area contributed by atoms with Gasteiger partial charge in [-0.3, -0.25) is 0 Å². The zero-order valence-electron chi connectivity index (χ0n) is 8.47. The fourth-order valence-electron chi connectivity index (χ4n) is 1.32. The second kappa shape index (κ2) is 4.10. The van der Waals surface area contributed by atoms with Gasteiger partial charge in [0, 0.05) is 0 Å². The van der Waals surface area contributed by atoms with Crippen molar-refractivity contribution < 1.29 is 9.13 Å². The van der Waals surface area contributed by atoms with E-state index < -0.39 is 5.82 Å². The number of ether oxygens (including phenoxy) is 1. The van der Waals surface area contributed by atoms with E-state index in [4.69, 9.17) is 10.00 Å². The van der Waals surface area contributed by atoms with Crippen molar-refractivity contribution in [2.75, 3.05) is 7.11 Å². The third kappa shape index (κ3) is 1.69. The summed E-state index contributed by atoms with van der Waals surface area (Å²) in [6, 6.07) is 4.99. The molecular weight excluding hydrogens is 181 g/mol. The Morgan fingerprint density at radius 2 is 2.07 bits per heavy atom. The lowest BCUT2D eigenvalue weighted by atomic mass is 10.00. The summed E-state index contributed by atoms with van der Waals surface area (Å²) in [4.78, 5) is 0. The summed E-state index contributed by atoms with van der Waals surface area (Å²) >= 11 is 0. The van der Waals surface area contributed by atoms with Gasteiger partial charge >= 0.3 is 0 Å². The van der Waals surface area contributed by atoms with Gasteiger partial charge in [-0.05, 0) is 17.5 Å². The van der Waals surface area contributed by atoms with Crippen LogP contribution < -0.4 is 4.74 Å². The van der Waals surface area contributed by atoms with Gasteiger partial charge in [-0.25, -0.2) is 4.39 Å². The van der Waals surface area contributed by atoms with Crippen LogP contribution in [-0.2, 0) is 0 Å². The van der Waals surface area contributed by atoms with Crippen LogP contribution in [0.1, 0.15) is 30.9 Å². The molecule has 0 aliphatic heterocycles. The molecule has 0 N–H and O–H groups in total. The average Bonchev–Trinajstić information content (AvgIpc) is 2.17. The van der Waals surface area contributed by atoms with Crippen molar-refractivity contribution in [2.45, 2.75) is 19.8 Å². The Kier molecular flexibility index (Phi) is 3.08. The normalized spacial score (nSPS) is 10.0. The number of methoxy groups -OCH3 is 1. The van der Waals surface area contributed by atoms with Gasteiger partial charge in [-0.1, -0.05) is 19.9 Å². The zero-order valence-corrected chi connectivity index (χ0v) is 8.47. The quantitative estimate of drug-likeness (QED) is 0.723. The van der Waals surface area contributed by atoms with E-state index in [1.165, 1.54) is 13.2 Å². The Labute approximate surface area is 82.9 Å². The first-order valence-electron chi connectivity index (χ1n) is 4.38. The molecule has 2 nitrogen and oxygen atoms in total. The molecule has 1 aromatic rings. The summed E-state index contributed by atoms with van der Waals surface area (Å²) in [6.45, 7) is 3.90. The second-order valence-corrected chi connectivity index (χ2v) is 3.32. The van der Waals surface area contributed by atoms with Gasteiger partial charge in [0.2, 0.25) is 0 Å². The third-order valence-corrected chi connectivity index (χ3v) is 2.07. The van der Waals surface area contributed by atoms with Gasteiger partial charge in [0.15, 0.2) is 11.6 Å². The number of halogens is 1. The molecule has 0 aliphatic carbocycles. The highest BCUT2D eigenvalue weighted by Crippen LogP contribution is 2.30.